The van der Waals surface area contributed by atoms with Crippen molar-refractivity contribution in [1.82, 2.24) is 4.98 Å². The first-order valence-electron chi connectivity index (χ1n) is 5.54. The minimum atomic E-state index is 0.150. The van der Waals surface area contributed by atoms with Crippen LogP contribution < -0.4 is 5.73 Å². The number of nitrogens with two attached hydrogens (primary N) is 1. The van der Waals surface area contributed by atoms with Gasteiger partial charge in [0.1, 0.15) is 0 Å². The van der Waals surface area contributed by atoms with Gasteiger partial charge in [-0.1, -0.05) is 12.1 Å². The molecule has 1 heterocycles. The number of hydrogen-bond donors (Lipinski definition) is 1. The van der Waals surface area contributed by atoms with Crippen LogP contribution in [-0.4, -0.2) is 11.0 Å². The Morgan fingerprint density at radius 2 is 2.00 bits per heavy atom. The van der Waals surface area contributed by atoms with Crippen LogP contribution in [0.1, 0.15) is 16.3 Å². The Labute approximate surface area is 119 Å². The average Bonchev–Trinajstić information content (AvgIpc) is 2.67. The van der Waals surface area contributed by atoms with E-state index in [1.54, 1.807) is 11.3 Å². The van der Waals surface area contributed by atoms with Gasteiger partial charge in [0, 0.05) is 21.4 Å². The molecule has 0 fully saturated rings. The largest absolute Gasteiger partial charge is 0.327 e. The zero-order valence-corrected chi connectivity index (χ0v) is 12.7. The molecule has 0 bridgehead atoms. The highest BCUT2D eigenvalue weighted by molar-refractivity contribution is 14.1. The van der Waals surface area contributed by atoms with Crippen LogP contribution in [0.4, 0.5) is 0 Å². The molecule has 2 N–H and O–H groups in total. The summed E-state index contributed by atoms with van der Waals surface area (Å²) >= 11 is 4.00. The van der Waals surface area contributed by atoms with Gasteiger partial charge < -0.3 is 5.73 Å². The summed E-state index contributed by atoms with van der Waals surface area (Å²) in [5.41, 5.74) is 8.56. The number of halogens is 1. The van der Waals surface area contributed by atoms with Gasteiger partial charge >= 0.3 is 0 Å². The average molecular weight is 358 g/mol. The fraction of sp³-hybridized carbons (Fsp3) is 0.308. The van der Waals surface area contributed by atoms with Gasteiger partial charge in [-0.25, -0.2) is 4.98 Å². The third kappa shape index (κ3) is 4.04. The molecule has 1 unspecified atom stereocenters. The fourth-order valence-electron chi connectivity index (χ4n) is 1.77. The summed E-state index contributed by atoms with van der Waals surface area (Å²) in [7, 11) is 0. The van der Waals surface area contributed by atoms with E-state index in [-0.39, 0.29) is 6.04 Å². The molecule has 0 aliphatic carbocycles. The van der Waals surface area contributed by atoms with Crippen molar-refractivity contribution in [3.8, 4) is 0 Å². The van der Waals surface area contributed by atoms with Crippen LogP contribution in [-0.2, 0) is 12.8 Å². The molecule has 1 atom stereocenters. The second-order valence-electron chi connectivity index (χ2n) is 4.15. The Bertz CT molecular complexity index is 478. The zero-order chi connectivity index (χ0) is 12.3. The second-order valence-corrected chi connectivity index (χ2v) is 6.46. The summed E-state index contributed by atoms with van der Waals surface area (Å²) in [5.74, 6) is 0. The maximum Gasteiger partial charge on any atom is 0.0897 e. The molecule has 1 aromatic heterocycles. The van der Waals surface area contributed by atoms with Gasteiger partial charge in [-0.3, -0.25) is 0 Å². The lowest BCUT2D eigenvalue weighted by atomic mass is 10.0. The summed E-state index contributed by atoms with van der Waals surface area (Å²) in [6.07, 6.45) is 1.77. The lowest BCUT2D eigenvalue weighted by Crippen LogP contribution is -2.25. The topological polar surface area (TPSA) is 38.9 Å². The van der Waals surface area contributed by atoms with Crippen molar-refractivity contribution in [2.75, 3.05) is 0 Å². The van der Waals surface area contributed by atoms with Crippen LogP contribution in [0.5, 0.6) is 0 Å². The molecule has 0 saturated heterocycles. The van der Waals surface area contributed by atoms with Gasteiger partial charge in [-0.2, -0.15) is 0 Å². The Hall–Kier alpha value is -0.460. The SMILES string of the molecule is Cc1nc(CC(N)Cc2ccc(I)cc2)cs1. The van der Waals surface area contributed by atoms with Crippen LogP contribution in [0.3, 0.4) is 0 Å². The predicted octanol–water partition coefficient (Wildman–Crippen LogP) is 3.17. The van der Waals surface area contributed by atoms with Crippen molar-refractivity contribution in [3.63, 3.8) is 0 Å². The Morgan fingerprint density at radius 3 is 2.59 bits per heavy atom. The van der Waals surface area contributed by atoms with Crippen molar-refractivity contribution in [2.24, 2.45) is 5.73 Å². The monoisotopic (exact) mass is 358 g/mol. The van der Waals surface area contributed by atoms with Crippen molar-refractivity contribution in [2.45, 2.75) is 25.8 Å². The molecular formula is C13H15IN2S. The second kappa shape index (κ2) is 5.93. The zero-order valence-electron chi connectivity index (χ0n) is 9.69. The fourth-order valence-corrected chi connectivity index (χ4v) is 2.75. The molecular weight excluding hydrogens is 343 g/mol. The number of hydrogen-bond acceptors (Lipinski definition) is 3. The molecule has 4 heteroatoms. The van der Waals surface area contributed by atoms with Crippen LogP contribution in [0.2, 0.25) is 0 Å². The molecule has 2 rings (SSSR count). The molecule has 0 radical (unpaired) electrons. The standard InChI is InChI=1S/C13H15IN2S/c1-9-16-13(8-17-9)7-12(15)6-10-2-4-11(14)5-3-10/h2-5,8,12H,6-7,15H2,1H3. The van der Waals surface area contributed by atoms with E-state index in [0.29, 0.717) is 0 Å². The maximum absolute atomic E-state index is 6.15. The summed E-state index contributed by atoms with van der Waals surface area (Å²) < 4.78 is 1.26. The molecule has 2 nitrogen and oxygen atoms in total. The molecule has 90 valence electrons. The quantitative estimate of drug-likeness (QED) is 0.853. The molecule has 0 saturated carbocycles. The lowest BCUT2D eigenvalue weighted by Gasteiger charge is -2.10. The van der Waals surface area contributed by atoms with E-state index in [0.717, 1.165) is 23.5 Å². The van der Waals surface area contributed by atoms with Crippen LogP contribution in [0, 0.1) is 10.5 Å². The Morgan fingerprint density at radius 1 is 1.29 bits per heavy atom. The number of thiazole rings is 1. The Kier molecular flexibility index (Phi) is 4.53. The lowest BCUT2D eigenvalue weighted by molar-refractivity contribution is 0.656. The summed E-state index contributed by atoms with van der Waals surface area (Å²) in [4.78, 5) is 4.44. The van der Waals surface area contributed by atoms with E-state index in [2.05, 4.69) is 57.2 Å². The van der Waals surface area contributed by atoms with E-state index >= 15 is 0 Å². The van der Waals surface area contributed by atoms with Gasteiger partial charge in [0.2, 0.25) is 0 Å². The highest BCUT2D eigenvalue weighted by Gasteiger charge is 2.07. The minimum Gasteiger partial charge on any atom is -0.327 e. The summed E-state index contributed by atoms with van der Waals surface area (Å²) in [5, 5.41) is 3.21. The van der Waals surface area contributed by atoms with Crippen LogP contribution in [0.25, 0.3) is 0 Å². The molecule has 0 aliphatic rings. The molecule has 1 aromatic carbocycles. The van der Waals surface area contributed by atoms with E-state index < -0.39 is 0 Å². The molecule has 17 heavy (non-hydrogen) atoms. The number of aryl methyl sites for hydroxylation is 1. The summed E-state index contributed by atoms with van der Waals surface area (Å²) in [6.45, 7) is 2.03. The molecule has 0 aliphatic heterocycles. The first kappa shape index (κ1) is 13.0. The molecule has 0 spiro atoms. The maximum atomic E-state index is 6.15. The van der Waals surface area contributed by atoms with E-state index in [1.807, 2.05) is 6.92 Å². The first-order chi connectivity index (χ1) is 8.13. The van der Waals surface area contributed by atoms with Crippen molar-refractivity contribution in [1.29, 1.82) is 0 Å². The van der Waals surface area contributed by atoms with Crippen LogP contribution in [0.15, 0.2) is 29.6 Å². The minimum absolute atomic E-state index is 0.150. The van der Waals surface area contributed by atoms with E-state index in [1.165, 1.54) is 9.13 Å². The van der Waals surface area contributed by atoms with Crippen molar-refractivity contribution < 1.29 is 0 Å². The van der Waals surface area contributed by atoms with E-state index in [4.69, 9.17) is 5.73 Å². The van der Waals surface area contributed by atoms with Crippen molar-refractivity contribution in [3.05, 3.63) is 49.5 Å². The molecule has 2 aromatic rings. The smallest absolute Gasteiger partial charge is 0.0897 e. The number of aromatic nitrogens is 1. The van der Waals surface area contributed by atoms with Gasteiger partial charge in [0.25, 0.3) is 0 Å². The highest BCUT2D eigenvalue weighted by Crippen LogP contribution is 2.12. The number of benzene rings is 1. The molecule has 0 amide bonds. The van der Waals surface area contributed by atoms with E-state index in [9.17, 15) is 0 Å². The predicted molar refractivity (Wildman–Crippen MR) is 81.4 cm³/mol. The van der Waals surface area contributed by atoms with Gasteiger partial charge in [-0.15, -0.1) is 11.3 Å². The van der Waals surface area contributed by atoms with Gasteiger partial charge in [0.15, 0.2) is 0 Å². The van der Waals surface area contributed by atoms with Crippen molar-refractivity contribution >= 4 is 33.9 Å². The third-order valence-corrected chi connectivity index (χ3v) is 4.09. The van der Waals surface area contributed by atoms with Crippen LogP contribution >= 0.6 is 33.9 Å². The normalized spacial score (nSPS) is 12.6. The van der Waals surface area contributed by atoms with Gasteiger partial charge in [0.05, 0.1) is 10.7 Å². The third-order valence-electron chi connectivity index (χ3n) is 2.55. The van der Waals surface area contributed by atoms with Gasteiger partial charge in [-0.05, 0) is 53.6 Å². The highest BCUT2D eigenvalue weighted by atomic mass is 127. The number of nitrogens with zero attached hydrogens (tertiary/aromatic N) is 1. The Balaban J connectivity index is 1.93. The summed E-state index contributed by atoms with van der Waals surface area (Å²) in [6, 6.07) is 8.68. The first-order valence-corrected chi connectivity index (χ1v) is 7.50. The number of rotatable bonds is 4.